The second kappa shape index (κ2) is 23.1. The van der Waals surface area contributed by atoms with Gasteiger partial charge in [-0.15, -0.1) is 11.3 Å². The van der Waals surface area contributed by atoms with Gasteiger partial charge in [-0.3, -0.25) is 19.2 Å². The lowest BCUT2D eigenvalue weighted by Crippen LogP contribution is -2.57. The SMILES string of the molecule is Cc1ncsc1-c1ccc([C@]2(C)N=C([C@H]3C[C@@H](O)CN3C(=O)C(NC(=O)CCCCCCCCCCNC(=O)c3cc4c(cc3CS(C)(=O)=O)-c3cn(C)c(=O)c5[nH]cc(c35)CN4c3ncc(F)cc3F)C(C)(C)C)NO2)cc1. The van der Waals surface area contributed by atoms with Gasteiger partial charge in [0, 0.05) is 85.3 Å². The number of carbonyl (C=O) groups excluding carboxylic acids is 3. The maximum absolute atomic E-state index is 15.6. The molecule has 0 aliphatic carbocycles. The first kappa shape index (κ1) is 56.8. The number of thiazole rings is 1. The molecule has 1 saturated heterocycles. The molecule has 9 rings (SSSR count). The molecule has 420 valence electrons. The number of pyridine rings is 2. The van der Waals surface area contributed by atoms with Gasteiger partial charge in [-0.25, -0.2) is 42.5 Å². The first-order chi connectivity index (χ1) is 37.5. The number of rotatable bonds is 20. The number of carbonyl (C=O) groups is 3. The fourth-order valence-corrected chi connectivity index (χ4v) is 12.4. The van der Waals surface area contributed by atoms with Gasteiger partial charge >= 0.3 is 0 Å². The topological polar surface area (TPSA) is 233 Å². The van der Waals surface area contributed by atoms with Crippen LogP contribution in [-0.2, 0) is 49.3 Å². The Bertz CT molecular complexity index is 3500. The fourth-order valence-electron chi connectivity index (χ4n) is 10.8. The molecule has 0 saturated carbocycles. The summed E-state index contributed by atoms with van der Waals surface area (Å²) in [6.45, 7) is 9.93. The molecule has 3 amide bonds. The van der Waals surface area contributed by atoms with E-state index >= 15 is 4.39 Å². The average Bonchev–Trinajstić information content (AvgIpc) is 4.41. The number of halogens is 2. The maximum atomic E-state index is 15.6. The summed E-state index contributed by atoms with van der Waals surface area (Å²) in [6, 6.07) is 10.3. The highest BCUT2D eigenvalue weighted by atomic mass is 32.2. The van der Waals surface area contributed by atoms with E-state index in [1.165, 1.54) is 15.5 Å². The molecule has 0 spiro atoms. The van der Waals surface area contributed by atoms with Crippen LogP contribution in [0.25, 0.3) is 32.5 Å². The first-order valence-electron chi connectivity index (χ1n) is 26.7. The van der Waals surface area contributed by atoms with Crippen molar-refractivity contribution in [2.24, 2.45) is 17.5 Å². The third kappa shape index (κ3) is 12.5. The van der Waals surface area contributed by atoms with Crippen LogP contribution in [0.3, 0.4) is 0 Å². The molecule has 3 aliphatic rings. The third-order valence-corrected chi connectivity index (χ3v) is 16.8. The number of hydrogen-bond acceptors (Lipinski definition) is 14. The summed E-state index contributed by atoms with van der Waals surface area (Å²) in [5.41, 5.74) is 8.12. The zero-order valence-electron chi connectivity index (χ0n) is 45.5. The molecule has 3 aliphatic heterocycles. The number of anilines is 2. The maximum Gasteiger partial charge on any atom is 0.274 e. The molecule has 79 heavy (non-hydrogen) atoms. The molecular weight excluding hydrogens is 1050 g/mol. The van der Waals surface area contributed by atoms with Gasteiger partial charge in [0.15, 0.2) is 21.5 Å². The van der Waals surface area contributed by atoms with Crippen LogP contribution in [0.5, 0.6) is 0 Å². The Balaban J connectivity index is 0.748. The number of aryl methyl sites for hydroxylation is 2. The molecule has 0 bridgehead atoms. The number of aromatic nitrogens is 4. The number of H-pyrrole nitrogens is 1. The van der Waals surface area contributed by atoms with Gasteiger partial charge < -0.3 is 35.1 Å². The summed E-state index contributed by atoms with van der Waals surface area (Å²) in [5, 5.41) is 17.4. The predicted octanol–water partition coefficient (Wildman–Crippen LogP) is 8.37. The highest BCUT2D eigenvalue weighted by molar-refractivity contribution is 7.89. The van der Waals surface area contributed by atoms with Gasteiger partial charge in [-0.2, -0.15) is 0 Å². The van der Waals surface area contributed by atoms with Gasteiger partial charge in [0.1, 0.15) is 23.2 Å². The van der Waals surface area contributed by atoms with E-state index in [1.807, 2.05) is 64.4 Å². The van der Waals surface area contributed by atoms with E-state index in [2.05, 4.69) is 31.1 Å². The largest absolute Gasteiger partial charge is 0.391 e. The summed E-state index contributed by atoms with van der Waals surface area (Å²) < 4.78 is 56.7. The van der Waals surface area contributed by atoms with Crippen LogP contribution < -0.4 is 26.6 Å². The number of likely N-dealkylation sites (tertiary alicyclic amines) is 1. The second-order valence-corrected chi connectivity index (χ2v) is 25.3. The zero-order valence-corrected chi connectivity index (χ0v) is 47.2. The zero-order chi connectivity index (χ0) is 56.6. The quantitative estimate of drug-likeness (QED) is 0.0454. The number of aliphatic imine (C=N–C) groups is 1. The van der Waals surface area contributed by atoms with Crippen molar-refractivity contribution in [1.82, 2.24) is 40.5 Å². The van der Waals surface area contributed by atoms with Crippen LogP contribution in [0.1, 0.15) is 125 Å². The van der Waals surface area contributed by atoms with Crippen LogP contribution >= 0.6 is 11.3 Å². The van der Waals surface area contributed by atoms with E-state index in [4.69, 9.17) is 9.83 Å². The van der Waals surface area contributed by atoms with E-state index in [9.17, 15) is 37.1 Å². The second-order valence-electron chi connectivity index (χ2n) is 22.3. The number of aliphatic hydroxyl groups excluding tert-OH is 1. The van der Waals surface area contributed by atoms with Gasteiger partial charge in [-0.1, -0.05) is 83.6 Å². The van der Waals surface area contributed by atoms with Gasteiger partial charge in [0.25, 0.3) is 11.5 Å². The number of fused-ring (bicyclic) bond motifs is 2. The molecule has 4 aromatic heterocycles. The van der Waals surface area contributed by atoms with E-state index < -0.39 is 62.5 Å². The highest BCUT2D eigenvalue weighted by Gasteiger charge is 2.47. The van der Waals surface area contributed by atoms with E-state index in [1.54, 1.807) is 41.7 Å². The van der Waals surface area contributed by atoms with Crippen molar-refractivity contribution in [2.75, 3.05) is 24.2 Å². The van der Waals surface area contributed by atoms with E-state index in [-0.39, 0.29) is 60.2 Å². The van der Waals surface area contributed by atoms with Crippen molar-refractivity contribution in [3.8, 4) is 21.6 Å². The monoisotopic (exact) mass is 1120 g/mol. The Morgan fingerprint density at radius 1 is 1.00 bits per heavy atom. The van der Waals surface area contributed by atoms with Crippen molar-refractivity contribution in [3.05, 3.63) is 117 Å². The summed E-state index contributed by atoms with van der Waals surface area (Å²) in [5.74, 6) is -3.10. The Hall–Kier alpha value is -6.88. The number of aromatic amines is 1. The highest BCUT2D eigenvalue weighted by Crippen LogP contribution is 2.45. The number of amides is 3. The van der Waals surface area contributed by atoms with Crippen molar-refractivity contribution in [3.63, 3.8) is 0 Å². The van der Waals surface area contributed by atoms with Gasteiger partial charge in [0.2, 0.25) is 17.5 Å². The Morgan fingerprint density at radius 2 is 1.71 bits per heavy atom. The molecule has 1 fully saturated rings. The molecule has 0 radical (unpaired) electrons. The third-order valence-electron chi connectivity index (χ3n) is 15.0. The van der Waals surface area contributed by atoms with Crippen LogP contribution in [0, 0.1) is 24.0 Å². The van der Waals surface area contributed by atoms with Crippen LogP contribution in [-0.4, -0.2) is 99.0 Å². The molecule has 1 unspecified atom stereocenters. The molecular formula is C57H68F2N10O8S2. The minimum Gasteiger partial charge on any atom is -0.391 e. The molecule has 18 nitrogen and oxygen atoms in total. The summed E-state index contributed by atoms with van der Waals surface area (Å²) in [7, 11) is -2.08. The molecule has 6 aromatic rings. The van der Waals surface area contributed by atoms with Crippen molar-refractivity contribution in [2.45, 2.75) is 135 Å². The average molecular weight is 1120 g/mol. The standard InChI is InChI=1S/C57H68F2N10O8S2/c1-33-49(78-32-63-33)34-17-19-37(20-18-34)57(5)65-51(66-77-57)45-24-39(70)29-69(45)55(74)50(56(2,3)4)64-46(71)16-14-12-10-8-9-11-13-15-21-60-53(72)40-25-44-41(22-35(40)31-79(7,75)76)42-30-67(6)54(73)48-47(42)36(26-61-48)28-68(44)52-43(59)23-38(58)27-62-52/h17-20,22-23,25-27,30,32,39,45,50,61,70H,8-16,21,24,28-29,31H2,1-7H3,(H,60,72)(H,64,71)(H,65,66)/t39-,45-,50?,57-/m1/s1. The lowest BCUT2D eigenvalue weighted by Gasteiger charge is -2.35. The summed E-state index contributed by atoms with van der Waals surface area (Å²) >= 11 is 1.58. The summed E-state index contributed by atoms with van der Waals surface area (Å²) in [4.78, 5) is 81.6. The number of sulfone groups is 1. The first-order valence-corrected chi connectivity index (χ1v) is 29.7. The molecule has 5 N–H and O–H groups in total. The predicted molar refractivity (Wildman–Crippen MR) is 300 cm³/mol. The molecule has 4 atom stereocenters. The number of β-amino-alcohol motifs (C(OH)–C–C–N with tert-alkyl or cyclic N) is 1. The van der Waals surface area contributed by atoms with Crippen LogP contribution in [0.15, 0.2) is 76.4 Å². The Kier molecular flexibility index (Phi) is 16.6. The number of hydrogen-bond donors (Lipinski definition) is 5. The van der Waals surface area contributed by atoms with Crippen molar-refractivity contribution >= 4 is 67.1 Å². The van der Waals surface area contributed by atoms with E-state index in [0.29, 0.717) is 64.6 Å². The van der Waals surface area contributed by atoms with Gasteiger partial charge in [-0.05, 0) is 60.9 Å². The van der Waals surface area contributed by atoms with Crippen LogP contribution in [0.2, 0.25) is 0 Å². The smallest absolute Gasteiger partial charge is 0.274 e. The fraction of sp³-hybridized carbons (Fsp3) is 0.456. The number of nitrogens with zero attached hydrogens (tertiary/aromatic N) is 6. The van der Waals surface area contributed by atoms with Crippen molar-refractivity contribution < 1.29 is 41.5 Å². The number of aliphatic hydroxyl groups is 1. The number of amidine groups is 1. The van der Waals surface area contributed by atoms with Crippen molar-refractivity contribution in [1.29, 1.82) is 0 Å². The molecule has 7 heterocycles. The number of nitrogens with one attached hydrogen (secondary N) is 4. The minimum atomic E-state index is -3.67. The normalized spacial score (nSPS) is 18.5. The lowest BCUT2D eigenvalue weighted by molar-refractivity contribution is -0.139. The number of benzene rings is 2. The molecule has 22 heteroatoms. The number of hydroxylamine groups is 1. The molecule has 2 aromatic carbocycles. The van der Waals surface area contributed by atoms with Gasteiger partial charge in [0.05, 0.1) is 52.4 Å². The van der Waals surface area contributed by atoms with E-state index in [0.717, 1.165) is 72.7 Å². The Labute approximate surface area is 462 Å². The van der Waals surface area contributed by atoms with Crippen LogP contribution in [0.4, 0.5) is 20.3 Å². The Morgan fingerprint density at radius 3 is 2.38 bits per heavy atom. The number of unbranched alkanes of at least 4 members (excludes halogenated alkanes) is 7. The summed E-state index contributed by atoms with van der Waals surface area (Å²) in [6.07, 6.45) is 11.6. The lowest BCUT2D eigenvalue weighted by atomic mass is 9.85. The minimum absolute atomic E-state index is 0.00261.